The van der Waals surface area contributed by atoms with Crippen LogP contribution in [0.4, 0.5) is 4.39 Å². The highest BCUT2D eigenvalue weighted by Crippen LogP contribution is 2.36. The van der Waals surface area contributed by atoms with Crippen molar-refractivity contribution in [2.75, 3.05) is 0 Å². The van der Waals surface area contributed by atoms with Crippen molar-refractivity contribution in [3.8, 4) is 5.75 Å². The molecule has 0 saturated heterocycles. The fourth-order valence-corrected chi connectivity index (χ4v) is 2.23. The molecule has 1 aromatic rings. The van der Waals surface area contributed by atoms with E-state index >= 15 is 0 Å². The third-order valence-electron chi connectivity index (χ3n) is 2.84. The van der Waals surface area contributed by atoms with E-state index in [1.165, 1.54) is 12.1 Å². The standard InChI is InChI=1S/C13H14BrFO3/c1-7(13(16)17)4-8-5-9(15)6-11(14)12(8)18-10-2-3-10/h5-7,10H,2-4H2,1H3,(H,16,17). The maximum absolute atomic E-state index is 13.4. The number of carboxylic acid groups (broad SMARTS) is 1. The Morgan fingerprint density at radius 2 is 2.28 bits per heavy atom. The van der Waals surface area contributed by atoms with Crippen molar-refractivity contribution in [1.82, 2.24) is 0 Å². The summed E-state index contributed by atoms with van der Waals surface area (Å²) in [6.45, 7) is 1.60. The van der Waals surface area contributed by atoms with Gasteiger partial charge in [0.25, 0.3) is 0 Å². The van der Waals surface area contributed by atoms with E-state index in [1.54, 1.807) is 6.92 Å². The SMILES string of the molecule is CC(Cc1cc(F)cc(Br)c1OC1CC1)C(=O)O. The Bertz CT molecular complexity index is 472. The number of halogens is 2. The van der Waals surface area contributed by atoms with Crippen molar-refractivity contribution in [1.29, 1.82) is 0 Å². The van der Waals surface area contributed by atoms with Crippen molar-refractivity contribution < 1.29 is 19.0 Å². The fourth-order valence-electron chi connectivity index (χ4n) is 1.67. The van der Waals surface area contributed by atoms with Crippen LogP contribution in [0, 0.1) is 11.7 Å². The fraction of sp³-hybridized carbons (Fsp3) is 0.462. The highest BCUT2D eigenvalue weighted by molar-refractivity contribution is 9.10. The maximum atomic E-state index is 13.4. The third kappa shape index (κ3) is 3.22. The number of rotatable bonds is 5. The Balaban J connectivity index is 2.27. The zero-order valence-electron chi connectivity index (χ0n) is 9.95. The molecule has 1 aliphatic carbocycles. The molecule has 98 valence electrons. The minimum Gasteiger partial charge on any atom is -0.489 e. The lowest BCUT2D eigenvalue weighted by atomic mass is 10.0. The van der Waals surface area contributed by atoms with Crippen LogP contribution in [0.2, 0.25) is 0 Å². The minimum atomic E-state index is -0.896. The Labute approximate surface area is 113 Å². The summed E-state index contributed by atoms with van der Waals surface area (Å²) in [4.78, 5) is 10.9. The first-order valence-corrected chi connectivity index (χ1v) is 6.64. The molecule has 5 heteroatoms. The van der Waals surface area contributed by atoms with Crippen LogP contribution in [0.15, 0.2) is 16.6 Å². The van der Waals surface area contributed by atoms with E-state index in [-0.39, 0.29) is 12.5 Å². The molecular formula is C13H14BrFO3. The second-order valence-electron chi connectivity index (χ2n) is 4.64. The van der Waals surface area contributed by atoms with Crippen LogP contribution in [0.3, 0.4) is 0 Å². The number of hydrogen-bond acceptors (Lipinski definition) is 2. The number of aliphatic carboxylic acids is 1. The summed E-state index contributed by atoms with van der Waals surface area (Å²) < 4.78 is 19.6. The van der Waals surface area contributed by atoms with Crippen molar-refractivity contribution in [3.05, 3.63) is 28.0 Å². The molecule has 0 amide bonds. The molecule has 1 saturated carbocycles. The van der Waals surface area contributed by atoms with Gasteiger partial charge in [-0.1, -0.05) is 6.92 Å². The Morgan fingerprint density at radius 3 is 2.83 bits per heavy atom. The Kier molecular flexibility index (Phi) is 3.90. The smallest absolute Gasteiger partial charge is 0.306 e. The van der Waals surface area contributed by atoms with Crippen molar-refractivity contribution >= 4 is 21.9 Å². The van der Waals surface area contributed by atoms with Crippen molar-refractivity contribution in [3.63, 3.8) is 0 Å². The molecule has 1 fully saturated rings. The van der Waals surface area contributed by atoms with Crippen molar-refractivity contribution in [2.45, 2.75) is 32.3 Å². The highest BCUT2D eigenvalue weighted by Gasteiger charge is 2.27. The van der Waals surface area contributed by atoms with E-state index in [0.717, 1.165) is 12.8 Å². The average molecular weight is 317 g/mol. The first-order valence-electron chi connectivity index (χ1n) is 5.84. The van der Waals surface area contributed by atoms with Crippen molar-refractivity contribution in [2.24, 2.45) is 5.92 Å². The van der Waals surface area contributed by atoms with Crippen LogP contribution >= 0.6 is 15.9 Å². The molecule has 0 radical (unpaired) electrons. The van der Waals surface area contributed by atoms with Gasteiger partial charge in [0.2, 0.25) is 0 Å². The number of ether oxygens (including phenoxy) is 1. The molecule has 1 atom stereocenters. The predicted octanol–water partition coefficient (Wildman–Crippen LogP) is 3.39. The third-order valence-corrected chi connectivity index (χ3v) is 3.43. The Morgan fingerprint density at radius 1 is 1.61 bits per heavy atom. The molecule has 1 N–H and O–H groups in total. The summed E-state index contributed by atoms with van der Waals surface area (Å²) in [7, 11) is 0. The molecule has 0 bridgehead atoms. The van der Waals surface area contributed by atoms with Crippen LogP contribution in [0.5, 0.6) is 5.75 Å². The van der Waals surface area contributed by atoms with E-state index in [4.69, 9.17) is 9.84 Å². The lowest BCUT2D eigenvalue weighted by molar-refractivity contribution is -0.141. The maximum Gasteiger partial charge on any atom is 0.306 e. The zero-order chi connectivity index (χ0) is 13.3. The molecule has 1 unspecified atom stereocenters. The van der Waals surface area contributed by atoms with Crippen LogP contribution in [0.1, 0.15) is 25.3 Å². The predicted molar refractivity (Wildman–Crippen MR) is 68.3 cm³/mol. The van der Waals surface area contributed by atoms with Gasteiger partial charge in [-0.25, -0.2) is 4.39 Å². The first kappa shape index (κ1) is 13.3. The number of hydrogen-bond donors (Lipinski definition) is 1. The van der Waals surface area contributed by atoms with E-state index in [1.807, 2.05) is 0 Å². The molecule has 0 spiro atoms. The largest absolute Gasteiger partial charge is 0.489 e. The zero-order valence-corrected chi connectivity index (χ0v) is 11.5. The second-order valence-corrected chi connectivity index (χ2v) is 5.49. The highest BCUT2D eigenvalue weighted by atomic mass is 79.9. The summed E-state index contributed by atoms with van der Waals surface area (Å²) in [6.07, 6.45) is 2.44. The van der Waals surface area contributed by atoms with Crippen LogP contribution in [-0.2, 0) is 11.2 Å². The monoisotopic (exact) mass is 316 g/mol. The molecule has 0 heterocycles. The summed E-state index contributed by atoms with van der Waals surface area (Å²) in [5.74, 6) is -1.28. The van der Waals surface area contributed by atoms with Gasteiger partial charge in [0.1, 0.15) is 11.6 Å². The molecule has 1 aromatic carbocycles. The number of carbonyl (C=O) groups is 1. The van der Waals surface area contributed by atoms with E-state index in [0.29, 0.717) is 15.8 Å². The molecule has 0 aromatic heterocycles. The van der Waals surface area contributed by atoms with Gasteiger partial charge in [-0.3, -0.25) is 4.79 Å². The van der Waals surface area contributed by atoms with Gasteiger partial charge in [-0.2, -0.15) is 0 Å². The first-order chi connectivity index (χ1) is 8.47. The van der Waals surface area contributed by atoms with Gasteiger partial charge in [0.15, 0.2) is 0 Å². The summed E-state index contributed by atoms with van der Waals surface area (Å²) in [5.41, 5.74) is 0.601. The number of benzene rings is 1. The summed E-state index contributed by atoms with van der Waals surface area (Å²) in [5, 5.41) is 8.92. The van der Waals surface area contributed by atoms with Crippen LogP contribution in [-0.4, -0.2) is 17.2 Å². The summed E-state index contributed by atoms with van der Waals surface area (Å²) >= 11 is 3.27. The topological polar surface area (TPSA) is 46.5 Å². The van der Waals surface area contributed by atoms with E-state index in [9.17, 15) is 9.18 Å². The molecule has 0 aliphatic heterocycles. The lowest BCUT2D eigenvalue weighted by Gasteiger charge is -2.15. The van der Waals surface area contributed by atoms with Crippen LogP contribution < -0.4 is 4.74 Å². The summed E-state index contributed by atoms with van der Waals surface area (Å²) in [6, 6.07) is 2.69. The quantitative estimate of drug-likeness (QED) is 0.905. The van der Waals surface area contributed by atoms with Gasteiger partial charge in [0.05, 0.1) is 16.5 Å². The van der Waals surface area contributed by atoms with Gasteiger partial charge in [-0.15, -0.1) is 0 Å². The normalized spacial score (nSPS) is 16.4. The minimum absolute atomic E-state index is 0.186. The number of carboxylic acids is 1. The lowest BCUT2D eigenvalue weighted by Crippen LogP contribution is -2.13. The van der Waals surface area contributed by atoms with Gasteiger partial charge in [0, 0.05) is 0 Å². The van der Waals surface area contributed by atoms with Gasteiger partial charge < -0.3 is 9.84 Å². The molecule has 3 nitrogen and oxygen atoms in total. The van der Waals surface area contributed by atoms with Gasteiger partial charge in [-0.05, 0) is 52.9 Å². The molecule has 1 aliphatic rings. The van der Waals surface area contributed by atoms with E-state index in [2.05, 4.69) is 15.9 Å². The van der Waals surface area contributed by atoms with E-state index < -0.39 is 17.7 Å². The molecular weight excluding hydrogens is 303 g/mol. The second kappa shape index (κ2) is 5.26. The Hall–Kier alpha value is -1.10. The molecule has 2 rings (SSSR count). The molecule has 18 heavy (non-hydrogen) atoms. The average Bonchev–Trinajstić information content (AvgIpc) is 3.06. The van der Waals surface area contributed by atoms with Crippen LogP contribution in [0.25, 0.3) is 0 Å². The van der Waals surface area contributed by atoms with Gasteiger partial charge >= 0.3 is 5.97 Å².